The minimum absolute atomic E-state index is 0.0873. The molecule has 5 nitrogen and oxygen atoms in total. The summed E-state index contributed by atoms with van der Waals surface area (Å²) in [5.41, 5.74) is 1.85. The highest BCUT2D eigenvalue weighted by Gasteiger charge is 2.15. The van der Waals surface area contributed by atoms with Crippen molar-refractivity contribution < 1.29 is 9.15 Å². The summed E-state index contributed by atoms with van der Waals surface area (Å²) in [6.45, 7) is 1.98. The zero-order valence-electron chi connectivity index (χ0n) is 12.8. The number of benzene rings is 2. The Morgan fingerprint density at radius 3 is 2.39 bits per heavy atom. The molecule has 2 aromatic carbocycles. The first-order valence-electron chi connectivity index (χ1n) is 7.15. The molecule has 23 heavy (non-hydrogen) atoms. The molecule has 3 aromatic rings. The van der Waals surface area contributed by atoms with Crippen LogP contribution < -0.4 is 10.1 Å². The second-order valence-electron chi connectivity index (χ2n) is 5.05. The molecule has 1 aromatic heterocycles. The Morgan fingerprint density at radius 2 is 1.74 bits per heavy atom. The van der Waals surface area contributed by atoms with Crippen LogP contribution in [-0.4, -0.2) is 17.3 Å². The SMILES string of the molecule is COc1ccc(-c2nnc([C@H](C)Nc3ccc(Br)cc3)o2)cc1. The lowest BCUT2D eigenvalue weighted by Gasteiger charge is -2.11. The second kappa shape index (κ2) is 6.83. The minimum atomic E-state index is -0.0873. The van der Waals surface area contributed by atoms with Crippen LogP contribution in [0.25, 0.3) is 11.5 Å². The number of nitrogens with zero attached hydrogens (tertiary/aromatic N) is 2. The molecule has 0 saturated carbocycles. The molecule has 0 saturated heterocycles. The van der Waals surface area contributed by atoms with Gasteiger partial charge >= 0.3 is 0 Å². The minimum Gasteiger partial charge on any atom is -0.497 e. The van der Waals surface area contributed by atoms with Gasteiger partial charge in [-0.1, -0.05) is 15.9 Å². The van der Waals surface area contributed by atoms with Crippen LogP contribution in [0.5, 0.6) is 5.75 Å². The smallest absolute Gasteiger partial charge is 0.247 e. The van der Waals surface area contributed by atoms with Gasteiger partial charge in [0.2, 0.25) is 11.8 Å². The van der Waals surface area contributed by atoms with E-state index in [2.05, 4.69) is 31.4 Å². The van der Waals surface area contributed by atoms with E-state index in [0.717, 1.165) is 21.5 Å². The summed E-state index contributed by atoms with van der Waals surface area (Å²) in [4.78, 5) is 0. The monoisotopic (exact) mass is 373 g/mol. The number of methoxy groups -OCH3 is 1. The van der Waals surface area contributed by atoms with Gasteiger partial charge in [-0.15, -0.1) is 10.2 Å². The summed E-state index contributed by atoms with van der Waals surface area (Å²) in [5, 5.41) is 11.6. The summed E-state index contributed by atoms with van der Waals surface area (Å²) in [6.07, 6.45) is 0. The van der Waals surface area contributed by atoms with E-state index in [-0.39, 0.29) is 6.04 Å². The number of nitrogens with one attached hydrogen (secondary N) is 1. The Hall–Kier alpha value is -2.34. The zero-order chi connectivity index (χ0) is 16.2. The van der Waals surface area contributed by atoms with Crippen molar-refractivity contribution in [2.45, 2.75) is 13.0 Å². The number of anilines is 1. The van der Waals surface area contributed by atoms with Crippen molar-refractivity contribution in [3.8, 4) is 17.2 Å². The van der Waals surface area contributed by atoms with Gasteiger partial charge in [0.05, 0.1) is 7.11 Å². The quantitative estimate of drug-likeness (QED) is 0.703. The molecule has 0 fully saturated rings. The second-order valence-corrected chi connectivity index (χ2v) is 5.96. The molecule has 0 radical (unpaired) electrons. The molecular formula is C17H16BrN3O2. The van der Waals surface area contributed by atoms with E-state index in [4.69, 9.17) is 9.15 Å². The largest absolute Gasteiger partial charge is 0.497 e. The van der Waals surface area contributed by atoms with Gasteiger partial charge < -0.3 is 14.5 Å². The van der Waals surface area contributed by atoms with Crippen LogP contribution in [0, 0.1) is 0 Å². The zero-order valence-corrected chi connectivity index (χ0v) is 14.4. The Balaban J connectivity index is 1.73. The maximum atomic E-state index is 5.77. The molecule has 0 aliphatic heterocycles. The first kappa shape index (κ1) is 15.6. The first-order valence-corrected chi connectivity index (χ1v) is 7.95. The molecule has 0 bridgehead atoms. The van der Waals surface area contributed by atoms with Crippen molar-refractivity contribution in [1.29, 1.82) is 0 Å². The molecule has 6 heteroatoms. The number of ether oxygens (including phenoxy) is 1. The maximum absolute atomic E-state index is 5.77. The third-order valence-electron chi connectivity index (χ3n) is 3.38. The van der Waals surface area contributed by atoms with Crippen molar-refractivity contribution >= 4 is 21.6 Å². The highest BCUT2D eigenvalue weighted by molar-refractivity contribution is 9.10. The topological polar surface area (TPSA) is 60.2 Å². The van der Waals surface area contributed by atoms with Gasteiger partial charge in [-0.3, -0.25) is 0 Å². The predicted molar refractivity (Wildman–Crippen MR) is 92.5 cm³/mol. The number of hydrogen-bond donors (Lipinski definition) is 1. The van der Waals surface area contributed by atoms with E-state index in [9.17, 15) is 0 Å². The number of hydrogen-bond acceptors (Lipinski definition) is 5. The number of halogens is 1. The first-order chi connectivity index (χ1) is 11.2. The lowest BCUT2D eigenvalue weighted by molar-refractivity contribution is 0.415. The summed E-state index contributed by atoms with van der Waals surface area (Å²) >= 11 is 3.42. The molecule has 3 rings (SSSR count). The normalized spacial score (nSPS) is 12.0. The average molecular weight is 374 g/mol. The third-order valence-corrected chi connectivity index (χ3v) is 3.90. The Morgan fingerprint density at radius 1 is 1.04 bits per heavy atom. The lowest BCUT2D eigenvalue weighted by atomic mass is 10.2. The Kier molecular flexibility index (Phi) is 4.62. The maximum Gasteiger partial charge on any atom is 0.247 e. The van der Waals surface area contributed by atoms with Crippen LogP contribution in [0.2, 0.25) is 0 Å². The van der Waals surface area contributed by atoms with Crippen LogP contribution in [0.1, 0.15) is 18.9 Å². The summed E-state index contributed by atoms with van der Waals surface area (Å²) in [5.74, 6) is 1.82. The van der Waals surface area contributed by atoms with E-state index in [1.807, 2.05) is 55.5 Å². The molecule has 0 amide bonds. The van der Waals surface area contributed by atoms with Crippen molar-refractivity contribution in [3.05, 3.63) is 58.9 Å². The molecule has 1 atom stereocenters. The number of aromatic nitrogens is 2. The van der Waals surface area contributed by atoms with E-state index in [1.54, 1.807) is 7.11 Å². The Bertz CT molecular complexity index is 769. The average Bonchev–Trinajstić information content (AvgIpc) is 3.07. The molecule has 0 aliphatic rings. The van der Waals surface area contributed by atoms with Crippen molar-refractivity contribution in [3.63, 3.8) is 0 Å². The van der Waals surface area contributed by atoms with E-state index in [0.29, 0.717) is 11.8 Å². The molecule has 0 spiro atoms. The van der Waals surface area contributed by atoms with Crippen LogP contribution in [0.3, 0.4) is 0 Å². The van der Waals surface area contributed by atoms with Gasteiger partial charge in [0.25, 0.3) is 0 Å². The summed E-state index contributed by atoms with van der Waals surface area (Å²) < 4.78 is 11.9. The highest BCUT2D eigenvalue weighted by atomic mass is 79.9. The predicted octanol–water partition coefficient (Wildman–Crippen LogP) is 4.68. The van der Waals surface area contributed by atoms with Crippen molar-refractivity contribution in [1.82, 2.24) is 10.2 Å². The van der Waals surface area contributed by atoms with Gasteiger partial charge in [0.15, 0.2) is 0 Å². The van der Waals surface area contributed by atoms with Gasteiger partial charge in [-0.2, -0.15) is 0 Å². The van der Waals surface area contributed by atoms with Crippen molar-refractivity contribution in [2.75, 3.05) is 12.4 Å². The lowest BCUT2D eigenvalue weighted by Crippen LogP contribution is -2.06. The molecule has 0 aliphatic carbocycles. The van der Waals surface area contributed by atoms with Gasteiger partial charge in [0.1, 0.15) is 11.8 Å². The van der Waals surface area contributed by atoms with E-state index >= 15 is 0 Å². The highest BCUT2D eigenvalue weighted by Crippen LogP contribution is 2.25. The van der Waals surface area contributed by atoms with Crippen LogP contribution in [0.4, 0.5) is 5.69 Å². The Labute approximate surface area is 142 Å². The standard InChI is InChI=1S/C17H16BrN3O2/c1-11(19-14-7-5-13(18)6-8-14)16-20-21-17(23-16)12-3-9-15(22-2)10-4-12/h3-11,19H,1-2H3/t11-/m0/s1. The molecule has 1 N–H and O–H groups in total. The van der Waals surface area contributed by atoms with Gasteiger partial charge in [-0.05, 0) is 55.5 Å². The molecule has 1 heterocycles. The van der Waals surface area contributed by atoms with E-state index < -0.39 is 0 Å². The molecule has 118 valence electrons. The van der Waals surface area contributed by atoms with E-state index in [1.165, 1.54) is 0 Å². The number of rotatable bonds is 5. The van der Waals surface area contributed by atoms with Crippen LogP contribution in [-0.2, 0) is 0 Å². The fraction of sp³-hybridized carbons (Fsp3) is 0.176. The third kappa shape index (κ3) is 3.71. The molecule has 0 unspecified atom stereocenters. The van der Waals surface area contributed by atoms with Crippen LogP contribution >= 0.6 is 15.9 Å². The summed E-state index contributed by atoms with van der Waals surface area (Å²) in [7, 11) is 1.63. The summed E-state index contributed by atoms with van der Waals surface area (Å²) in [6, 6.07) is 15.4. The fourth-order valence-corrected chi connectivity index (χ4v) is 2.38. The van der Waals surface area contributed by atoms with Gasteiger partial charge in [-0.25, -0.2) is 0 Å². The van der Waals surface area contributed by atoms with Gasteiger partial charge in [0, 0.05) is 15.7 Å². The van der Waals surface area contributed by atoms with Crippen LogP contribution in [0.15, 0.2) is 57.4 Å². The molecular weight excluding hydrogens is 358 g/mol. The van der Waals surface area contributed by atoms with Crippen molar-refractivity contribution in [2.24, 2.45) is 0 Å². The fourth-order valence-electron chi connectivity index (χ4n) is 2.12.